The summed E-state index contributed by atoms with van der Waals surface area (Å²) < 4.78 is 10.8. The SMILES string of the molecule is N=C1C(c2nc3ccc(N4CCCCC4)cc3[nH]2)=C(O)CN1c1ccc2c(c1)OCO2. The summed E-state index contributed by atoms with van der Waals surface area (Å²) in [6.07, 6.45) is 3.74. The number of H-pyrrole nitrogens is 1. The Morgan fingerprint density at radius 3 is 2.65 bits per heavy atom. The van der Waals surface area contributed by atoms with Crippen LogP contribution in [0.5, 0.6) is 11.5 Å². The number of nitrogens with one attached hydrogen (secondary N) is 2. The quantitative estimate of drug-likeness (QED) is 0.595. The second-order valence-corrected chi connectivity index (χ2v) is 8.13. The van der Waals surface area contributed by atoms with Gasteiger partial charge in [-0.25, -0.2) is 4.98 Å². The third kappa shape index (κ3) is 2.98. The zero-order valence-corrected chi connectivity index (χ0v) is 17.0. The number of nitrogens with zero attached hydrogens (tertiary/aromatic N) is 3. The largest absolute Gasteiger partial charge is 0.509 e. The third-order valence-electron chi connectivity index (χ3n) is 6.19. The Balaban J connectivity index is 1.30. The Morgan fingerprint density at radius 2 is 1.77 bits per heavy atom. The van der Waals surface area contributed by atoms with E-state index in [-0.39, 0.29) is 24.9 Å². The highest BCUT2D eigenvalue weighted by atomic mass is 16.7. The summed E-state index contributed by atoms with van der Waals surface area (Å²) in [7, 11) is 0. The molecule has 8 heteroatoms. The molecule has 0 amide bonds. The number of fused-ring (bicyclic) bond motifs is 2. The molecule has 1 fully saturated rings. The third-order valence-corrected chi connectivity index (χ3v) is 6.19. The Kier molecular flexibility index (Phi) is 4.05. The van der Waals surface area contributed by atoms with E-state index in [1.54, 1.807) is 4.90 Å². The van der Waals surface area contributed by atoms with Crippen LogP contribution < -0.4 is 19.3 Å². The highest BCUT2D eigenvalue weighted by Gasteiger charge is 2.32. The van der Waals surface area contributed by atoms with E-state index >= 15 is 0 Å². The summed E-state index contributed by atoms with van der Waals surface area (Å²) in [6.45, 7) is 2.56. The predicted octanol–water partition coefficient (Wildman–Crippen LogP) is 4.05. The number of hydrogen-bond donors (Lipinski definition) is 3. The van der Waals surface area contributed by atoms with Gasteiger partial charge in [-0.05, 0) is 49.6 Å². The number of hydrogen-bond acceptors (Lipinski definition) is 6. The first-order valence-electron chi connectivity index (χ1n) is 10.6. The molecule has 1 aromatic heterocycles. The van der Waals surface area contributed by atoms with Crippen LogP contribution in [0.2, 0.25) is 0 Å². The van der Waals surface area contributed by atoms with Crippen LogP contribution in [0.25, 0.3) is 16.6 Å². The number of ether oxygens (including phenoxy) is 2. The van der Waals surface area contributed by atoms with Crippen molar-refractivity contribution in [1.29, 1.82) is 5.41 Å². The summed E-state index contributed by atoms with van der Waals surface area (Å²) in [5.41, 5.74) is 4.11. The number of imidazole rings is 1. The van der Waals surface area contributed by atoms with Crippen molar-refractivity contribution in [3.63, 3.8) is 0 Å². The second-order valence-electron chi connectivity index (χ2n) is 8.13. The summed E-state index contributed by atoms with van der Waals surface area (Å²) in [5, 5.41) is 19.4. The first-order chi connectivity index (χ1) is 15.2. The maximum atomic E-state index is 10.7. The minimum Gasteiger partial charge on any atom is -0.509 e. The minimum absolute atomic E-state index is 0.123. The van der Waals surface area contributed by atoms with Gasteiger partial charge < -0.3 is 29.4 Å². The number of anilines is 2. The van der Waals surface area contributed by atoms with Crippen LogP contribution in [0.4, 0.5) is 11.4 Å². The van der Waals surface area contributed by atoms with Crippen LogP contribution in [0, 0.1) is 5.41 Å². The van der Waals surface area contributed by atoms with Crippen LogP contribution in [0.1, 0.15) is 25.1 Å². The summed E-state index contributed by atoms with van der Waals surface area (Å²) >= 11 is 0. The van der Waals surface area contributed by atoms with E-state index < -0.39 is 0 Å². The molecule has 0 radical (unpaired) electrons. The molecule has 3 aliphatic heterocycles. The zero-order valence-electron chi connectivity index (χ0n) is 17.0. The smallest absolute Gasteiger partial charge is 0.231 e. The molecule has 8 nitrogen and oxygen atoms in total. The summed E-state index contributed by atoms with van der Waals surface area (Å²) in [5.74, 6) is 2.17. The lowest BCUT2D eigenvalue weighted by Crippen LogP contribution is -2.29. The normalized spacial score (nSPS) is 18.5. The van der Waals surface area contributed by atoms with Gasteiger partial charge in [-0.2, -0.15) is 0 Å². The van der Waals surface area contributed by atoms with Crippen LogP contribution >= 0.6 is 0 Å². The number of aliphatic hydroxyl groups excluding tert-OH is 1. The van der Waals surface area contributed by atoms with E-state index in [4.69, 9.17) is 14.9 Å². The molecule has 1 saturated heterocycles. The van der Waals surface area contributed by atoms with Crippen molar-refractivity contribution in [1.82, 2.24) is 9.97 Å². The molecule has 0 spiro atoms. The Bertz CT molecular complexity index is 1230. The standard InChI is InChI=1S/C23H23N5O3/c24-22-21(18(29)12-28(22)15-5-7-19-20(11-15)31-13-30-19)23-25-16-6-4-14(10-17(16)26-23)27-8-2-1-3-9-27/h4-7,10-11,24,29H,1-3,8-9,12-13H2,(H,25,26). The van der Waals surface area contributed by atoms with Crippen molar-refractivity contribution in [2.24, 2.45) is 0 Å². The van der Waals surface area contributed by atoms with Gasteiger partial charge in [0.2, 0.25) is 6.79 Å². The zero-order chi connectivity index (χ0) is 20.9. The maximum absolute atomic E-state index is 10.7. The van der Waals surface area contributed by atoms with E-state index in [0.29, 0.717) is 22.9 Å². The molecule has 31 heavy (non-hydrogen) atoms. The number of aromatic amines is 1. The lowest BCUT2D eigenvalue weighted by atomic mass is 10.1. The number of rotatable bonds is 3. The van der Waals surface area contributed by atoms with Crippen molar-refractivity contribution < 1.29 is 14.6 Å². The molecular weight excluding hydrogens is 394 g/mol. The molecule has 0 bridgehead atoms. The van der Waals surface area contributed by atoms with Crippen molar-refractivity contribution >= 4 is 33.8 Å². The van der Waals surface area contributed by atoms with Crippen LogP contribution in [0.15, 0.2) is 42.2 Å². The van der Waals surface area contributed by atoms with Gasteiger partial charge in [0, 0.05) is 30.5 Å². The number of aromatic nitrogens is 2. The predicted molar refractivity (Wildman–Crippen MR) is 119 cm³/mol. The Hall–Kier alpha value is -3.68. The van der Waals surface area contributed by atoms with E-state index in [1.807, 2.05) is 24.3 Å². The van der Waals surface area contributed by atoms with Crippen molar-refractivity contribution in [2.45, 2.75) is 19.3 Å². The monoisotopic (exact) mass is 417 g/mol. The number of piperidine rings is 1. The first-order valence-corrected chi connectivity index (χ1v) is 10.6. The van der Waals surface area contributed by atoms with Gasteiger partial charge in [0.05, 0.1) is 23.2 Å². The van der Waals surface area contributed by atoms with Crippen LogP contribution in [-0.4, -0.2) is 47.3 Å². The molecule has 6 rings (SSSR count). The summed E-state index contributed by atoms with van der Waals surface area (Å²) in [6, 6.07) is 11.7. The highest BCUT2D eigenvalue weighted by molar-refractivity contribution is 6.30. The van der Waals surface area contributed by atoms with Crippen LogP contribution in [0.3, 0.4) is 0 Å². The number of amidine groups is 1. The molecule has 4 heterocycles. The molecule has 0 atom stereocenters. The minimum atomic E-state index is 0.123. The van der Waals surface area contributed by atoms with Gasteiger partial charge in [0.15, 0.2) is 11.5 Å². The van der Waals surface area contributed by atoms with E-state index in [2.05, 4.69) is 27.0 Å². The average molecular weight is 417 g/mol. The molecule has 0 unspecified atom stereocenters. The fraction of sp³-hybridized carbons (Fsp3) is 0.304. The van der Waals surface area contributed by atoms with Gasteiger partial charge in [-0.3, -0.25) is 5.41 Å². The van der Waals surface area contributed by atoms with Gasteiger partial charge in [-0.1, -0.05) is 0 Å². The van der Waals surface area contributed by atoms with Crippen molar-refractivity contribution in [2.75, 3.05) is 36.2 Å². The lowest BCUT2D eigenvalue weighted by molar-refractivity contribution is 0.174. The second kappa shape index (κ2) is 6.94. The van der Waals surface area contributed by atoms with Crippen LogP contribution in [-0.2, 0) is 0 Å². The Labute approximate surface area is 179 Å². The molecular formula is C23H23N5O3. The van der Waals surface area contributed by atoms with Gasteiger partial charge >= 0.3 is 0 Å². The van der Waals surface area contributed by atoms with E-state index in [0.717, 1.165) is 29.8 Å². The molecule has 0 aliphatic carbocycles. The summed E-state index contributed by atoms with van der Waals surface area (Å²) in [4.78, 5) is 12.1. The lowest BCUT2D eigenvalue weighted by Gasteiger charge is -2.28. The van der Waals surface area contributed by atoms with Crippen molar-refractivity contribution in [3.05, 3.63) is 48.0 Å². The molecule has 0 saturated carbocycles. The number of benzene rings is 2. The first kappa shape index (κ1) is 18.1. The van der Waals surface area contributed by atoms with Gasteiger partial charge in [0.1, 0.15) is 17.4 Å². The molecule has 3 aromatic rings. The van der Waals surface area contributed by atoms with Gasteiger partial charge in [0.25, 0.3) is 0 Å². The van der Waals surface area contributed by atoms with E-state index in [9.17, 15) is 5.11 Å². The molecule has 3 aliphatic rings. The number of aliphatic hydroxyl groups is 1. The fourth-order valence-corrected chi connectivity index (χ4v) is 4.57. The molecule has 3 N–H and O–H groups in total. The molecule has 2 aromatic carbocycles. The van der Waals surface area contributed by atoms with E-state index in [1.165, 1.54) is 24.9 Å². The maximum Gasteiger partial charge on any atom is 0.231 e. The fourth-order valence-electron chi connectivity index (χ4n) is 4.57. The van der Waals surface area contributed by atoms with Crippen molar-refractivity contribution in [3.8, 4) is 11.5 Å². The highest BCUT2D eigenvalue weighted by Crippen LogP contribution is 2.38. The topological polar surface area (TPSA) is 97.7 Å². The Morgan fingerprint density at radius 1 is 0.968 bits per heavy atom. The van der Waals surface area contributed by atoms with Gasteiger partial charge in [-0.15, -0.1) is 0 Å². The average Bonchev–Trinajstić information content (AvgIpc) is 3.50. The molecule has 158 valence electrons.